The van der Waals surface area contributed by atoms with Gasteiger partial charge in [0.25, 0.3) is 0 Å². The molecule has 2 heterocycles. The Balaban J connectivity index is 2.20. The van der Waals surface area contributed by atoms with E-state index < -0.39 is 0 Å². The van der Waals surface area contributed by atoms with Gasteiger partial charge in [-0.1, -0.05) is 30.3 Å². The smallest absolute Gasteiger partial charge is 0.0512 e. The fourth-order valence-electron chi connectivity index (χ4n) is 2.61. The minimum atomic E-state index is 1.19. The highest BCUT2D eigenvalue weighted by molar-refractivity contribution is 5.65. The van der Waals surface area contributed by atoms with E-state index >= 15 is 0 Å². The van der Waals surface area contributed by atoms with Gasteiger partial charge in [-0.15, -0.1) is 0 Å². The van der Waals surface area contributed by atoms with Crippen molar-refractivity contribution in [3.8, 4) is 11.3 Å². The molecule has 1 aliphatic heterocycles. The Hall–Kier alpha value is -1.50. The maximum Gasteiger partial charge on any atom is 0.0512 e. The van der Waals surface area contributed by atoms with E-state index in [4.69, 9.17) is 0 Å². The van der Waals surface area contributed by atoms with Crippen LogP contribution in [0.4, 0.5) is 0 Å². The second-order valence-electron chi connectivity index (χ2n) is 4.29. The van der Waals surface area contributed by atoms with Crippen LogP contribution in [0.5, 0.6) is 0 Å². The molecule has 1 aromatic heterocycles. The highest BCUT2D eigenvalue weighted by Gasteiger charge is 2.17. The topological polar surface area (TPSA) is 4.93 Å². The lowest BCUT2D eigenvalue weighted by Crippen LogP contribution is -1.95. The molecule has 15 heavy (non-hydrogen) atoms. The van der Waals surface area contributed by atoms with E-state index in [1.807, 2.05) is 0 Å². The summed E-state index contributed by atoms with van der Waals surface area (Å²) >= 11 is 0. The van der Waals surface area contributed by atoms with Gasteiger partial charge in [0.15, 0.2) is 0 Å². The van der Waals surface area contributed by atoms with Crippen molar-refractivity contribution in [1.29, 1.82) is 0 Å². The lowest BCUT2D eigenvalue weighted by molar-refractivity contribution is 0.755. The van der Waals surface area contributed by atoms with Crippen molar-refractivity contribution in [1.82, 2.24) is 4.57 Å². The number of aromatic nitrogens is 1. The van der Waals surface area contributed by atoms with Gasteiger partial charge in [0, 0.05) is 12.2 Å². The fraction of sp³-hybridized carbons (Fsp3) is 0.286. The van der Waals surface area contributed by atoms with Crippen LogP contribution in [-0.2, 0) is 13.0 Å². The number of fused-ring (bicyclic) bond motifs is 1. The molecule has 0 spiro atoms. The minimum absolute atomic E-state index is 1.19. The molecule has 1 nitrogen and oxygen atoms in total. The average Bonchev–Trinajstić information content (AvgIpc) is 2.78. The quantitative estimate of drug-likeness (QED) is 0.660. The number of rotatable bonds is 1. The second-order valence-corrected chi connectivity index (χ2v) is 4.29. The summed E-state index contributed by atoms with van der Waals surface area (Å²) in [6.07, 6.45) is 2.54. The average molecular weight is 197 g/mol. The fourth-order valence-corrected chi connectivity index (χ4v) is 2.61. The summed E-state index contributed by atoms with van der Waals surface area (Å²) in [7, 11) is 0. The van der Waals surface area contributed by atoms with Crippen LogP contribution < -0.4 is 0 Å². The third-order valence-electron chi connectivity index (χ3n) is 3.24. The molecule has 2 aromatic rings. The Labute approximate surface area is 90.4 Å². The maximum atomic E-state index is 2.48. The Morgan fingerprint density at radius 3 is 2.73 bits per heavy atom. The molecule has 76 valence electrons. The van der Waals surface area contributed by atoms with Crippen LogP contribution in [0.2, 0.25) is 0 Å². The zero-order chi connectivity index (χ0) is 10.3. The van der Waals surface area contributed by atoms with Gasteiger partial charge in [-0.25, -0.2) is 0 Å². The summed E-state index contributed by atoms with van der Waals surface area (Å²) < 4.78 is 2.48. The van der Waals surface area contributed by atoms with E-state index in [9.17, 15) is 0 Å². The summed E-state index contributed by atoms with van der Waals surface area (Å²) in [4.78, 5) is 0. The second kappa shape index (κ2) is 3.27. The molecule has 0 radical (unpaired) electrons. The van der Waals surface area contributed by atoms with Gasteiger partial charge in [-0.05, 0) is 37.0 Å². The van der Waals surface area contributed by atoms with Gasteiger partial charge in [-0.2, -0.15) is 0 Å². The Bertz CT molecular complexity index is 480. The van der Waals surface area contributed by atoms with Gasteiger partial charge >= 0.3 is 0 Å². The molecular weight excluding hydrogens is 182 g/mol. The number of aryl methyl sites for hydroxylation is 2. The standard InChI is InChI=1S/C14H15N/c1-11-10-13-8-5-9-15(13)14(11)12-6-3-2-4-7-12/h2-4,6-7,10H,5,8-9H2,1H3. The predicted molar refractivity (Wildman–Crippen MR) is 62.9 cm³/mol. The summed E-state index contributed by atoms with van der Waals surface area (Å²) in [5, 5.41) is 0. The number of hydrogen-bond acceptors (Lipinski definition) is 0. The molecule has 0 atom stereocenters. The minimum Gasteiger partial charge on any atom is -0.344 e. The van der Waals surface area contributed by atoms with Crippen molar-refractivity contribution in [3.63, 3.8) is 0 Å². The first-order valence-electron chi connectivity index (χ1n) is 5.61. The first-order valence-corrected chi connectivity index (χ1v) is 5.61. The van der Waals surface area contributed by atoms with Gasteiger partial charge < -0.3 is 4.57 Å². The molecule has 0 saturated carbocycles. The Morgan fingerprint density at radius 1 is 1.13 bits per heavy atom. The van der Waals surface area contributed by atoms with Crippen molar-refractivity contribution >= 4 is 0 Å². The van der Waals surface area contributed by atoms with E-state index in [0.29, 0.717) is 0 Å². The SMILES string of the molecule is Cc1cc2n(c1-c1ccccc1)CCC2. The predicted octanol–water partition coefficient (Wildman–Crippen LogP) is 3.41. The Kier molecular flexibility index (Phi) is 1.91. The van der Waals surface area contributed by atoms with Crippen LogP contribution in [0, 0.1) is 6.92 Å². The van der Waals surface area contributed by atoms with Crippen molar-refractivity contribution in [2.75, 3.05) is 0 Å². The van der Waals surface area contributed by atoms with Crippen LogP contribution >= 0.6 is 0 Å². The molecule has 3 rings (SSSR count). The third kappa shape index (κ3) is 1.30. The number of nitrogens with zero attached hydrogens (tertiary/aromatic N) is 1. The van der Waals surface area contributed by atoms with Crippen molar-refractivity contribution in [3.05, 3.63) is 47.7 Å². The summed E-state index contributed by atoms with van der Waals surface area (Å²) in [5.74, 6) is 0. The molecule has 0 saturated heterocycles. The molecular formula is C14H15N. The molecule has 0 fully saturated rings. The van der Waals surface area contributed by atoms with Crippen LogP contribution in [0.3, 0.4) is 0 Å². The molecule has 0 bridgehead atoms. The van der Waals surface area contributed by atoms with Crippen LogP contribution in [-0.4, -0.2) is 4.57 Å². The van der Waals surface area contributed by atoms with Gasteiger partial charge in [0.05, 0.1) is 5.69 Å². The zero-order valence-electron chi connectivity index (χ0n) is 9.03. The van der Waals surface area contributed by atoms with Gasteiger partial charge in [0.1, 0.15) is 0 Å². The van der Waals surface area contributed by atoms with E-state index in [1.54, 1.807) is 0 Å². The summed E-state index contributed by atoms with van der Waals surface area (Å²) in [6.45, 7) is 3.40. The lowest BCUT2D eigenvalue weighted by atomic mass is 10.1. The van der Waals surface area contributed by atoms with E-state index in [-0.39, 0.29) is 0 Å². The first-order chi connectivity index (χ1) is 7.36. The lowest BCUT2D eigenvalue weighted by Gasteiger charge is -2.07. The highest BCUT2D eigenvalue weighted by atomic mass is 15.0. The normalized spacial score (nSPS) is 14.2. The first kappa shape index (κ1) is 8.78. The number of hydrogen-bond donors (Lipinski definition) is 0. The molecule has 1 aromatic carbocycles. The molecule has 0 unspecified atom stereocenters. The molecule has 0 aliphatic carbocycles. The van der Waals surface area contributed by atoms with E-state index in [1.165, 1.54) is 41.9 Å². The van der Waals surface area contributed by atoms with Crippen molar-refractivity contribution in [2.24, 2.45) is 0 Å². The van der Waals surface area contributed by atoms with Crippen LogP contribution in [0.1, 0.15) is 17.7 Å². The molecule has 1 heteroatoms. The van der Waals surface area contributed by atoms with Gasteiger partial charge in [-0.3, -0.25) is 0 Å². The number of benzene rings is 1. The van der Waals surface area contributed by atoms with Crippen LogP contribution in [0.15, 0.2) is 36.4 Å². The summed E-state index contributed by atoms with van der Waals surface area (Å²) in [5.41, 5.74) is 5.69. The van der Waals surface area contributed by atoms with Crippen molar-refractivity contribution in [2.45, 2.75) is 26.3 Å². The van der Waals surface area contributed by atoms with E-state index in [2.05, 4.69) is 47.9 Å². The molecule has 0 N–H and O–H groups in total. The van der Waals surface area contributed by atoms with Gasteiger partial charge in [0.2, 0.25) is 0 Å². The molecule has 1 aliphatic rings. The van der Waals surface area contributed by atoms with Crippen LogP contribution in [0.25, 0.3) is 11.3 Å². The maximum absolute atomic E-state index is 2.48. The molecule has 0 amide bonds. The highest BCUT2D eigenvalue weighted by Crippen LogP contribution is 2.30. The zero-order valence-corrected chi connectivity index (χ0v) is 9.03. The Morgan fingerprint density at radius 2 is 1.93 bits per heavy atom. The third-order valence-corrected chi connectivity index (χ3v) is 3.24. The van der Waals surface area contributed by atoms with E-state index in [0.717, 1.165) is 0 Å². The monoisotopic (exact) mass is 197 g/mol. The largest absolute Gasteiger partial charge is 0.344 e. The van der Waals surface area contributed by atoms with Crippen molar-refractivity contribution < 1.29 is 0 Å². The summed E-state index contributed by atoms with van der Waals surface area (Å²) in [6, 6.07) is 13.1.